The average molecular weight is 510 g/mol. The molecular formula is C26H28ClN5S2. The van der Waals surface area contributed by atoms with Crippen molar-refractivity contribution in [2.75, 3.05) is 10.0 Å². The van der Waals surface area contributed by atoms with Crippen LogP contribution < -0.4 is 10.0 Å². The van der Waals surface area contributed by atoms with E-state index in [9.17, 15) is 0 Å². The molecule has 0 atom stereocenters. The van der Waals surface area contributed by atoms with Gasteiger partial charge in [0.2, 0.25) is 5.95 Å². The summed E-state index contributed by atoms with van der Waals surface area (Å²) < 4.78 is 3.35. The summed E-state index contributed by atoms with van der Waals surface area (Å²) in [5.74, 6) is 0.749. The van der Waals surface area contributed by atoms with Gasteiger partial charge in [0, 0.05) is 22.5 Å². The monoisotopic (exact) mass is 509 g/mol. The Hall–Kier alpha value is -2.35. The zero-order chi connectivity index (χ0) is 23.5. The number of nitrogens with one attached hydrogen (secondary N) is 2. The number of benzene rings is 2. The Morgan fingerprint density at radius 1 is 1.12 bits per heavy atom. The highest BCUT2D eigenvalue weighted by Gasteiger charge is 2.17. The molecule has 176 valence electrons. The van der Waals surface area contributed by atoms with Crippen LogP contribution in [0.25, 0.3) is 21.3 Å². The average Bonchev–Trinajstić information content (AvgIpc) is 3.24. The lowest BCUT2D eigenvalue weighted by Crippen LogP contribution is -2.23. The van der Waals surface area contributed by atoms with Crippen LogP contribution in [0.3, 0.4) is 0 Å². The highest BCUT2D eigenvalue weighted by molar-refractivity contribution is 8.00. The second-order valence-electron chi connectivity index (χ2n) is 8.67. The molecule has 2 aromatic carbocycles. The number of aryl methyl sites for hydroxylation is 2. The normalized spacial score (nSPS) is 14.4. The van der Waals surface area contributed by atoms with E-state index in [1.807, 2.05) is 30.5 Å². The predicted molar refractivity (Wildman–Crippen MR) is 146 cm³/mol. The van der Waals surface area contributed by atoms with Gasteiger partial charge in [0.05, 0.1) is 21.1 Å². The van der Waals surface area contributed by atoms with Crippen LogP contribution in [-0.2, 0) is 6.42 Å². The number of anilines is 2. The first-order chi connectivity index (χ1) is 16.6. The lowest BCUT2D eigenvalue weighted by atomic mass is 9.96. The minimum Gasteiger partial charge on any atom is -0.351 e. The maximum atomic E-state index is 6.28. The van der Waals surface area contributed by atoms with Gasteiger partial charge in [0.25, 0.3) is 0 Å². The summed E-state index contributed by atoms with van der Waals surface area (Å²) in [5.41, 5.74) is 4.43. The van der Waals surface area contributed by atoms with E-state index in [0.717, 1.165) is 54.5 Å². The van der Waals surface area contributed by atoms with Crippen molar-refractivity contribution in [3.63, 3.8) is 0 Å². The fourth-order valence-electron chi connectivity index (χ4n) is 4.45. The number of hydrogen-bond donors (Lipinski definition) is 2. The summed E-state index contributed by atoms with van der Waals surface area (Å²) in [5, 5.41) is 6.22. The van der Waals surface area contributed by atoms with Crippen molar-refractivity contribution >= 4 is 56.9 Å². The van der Waals surface area contributed by atoms with Gasteiger partial charge in [0.15, 0.2) is 5.13 Å². The third kappa shape index (κ3) is 5.16. The first-order valence-electron chi connectivity index (χ1n) is 11.8. The molecule has 34 heavy (non-hydrogen) atoms. The van der Waals surface area contributed by atoms with E-state index in [1.54, 1.807) is 11.3 Å². The quantitative estimate of drug-likeness (QED) is 0.245. The molecule has 5 rings (SSSR count). The van der Waals surface area contributed by atoms with Gasteiger partial charge in [-0.2, -0.15) is 0 Å². The number of halogens is 1. The molecule has 0 bridgehead atoms. The van der Waals surface area contributed by atoms with Crippen molar-refractivity contribution in [1.82, 2.24) is 15.0 Å². The molecule has 5 nitrogen and oxygen atoms in total. The largest absolute Gasteiger partial charge is 0.351 e. The summed E-state index contributed by atoms with van der Waals surface area (Å²) in [4.78, 5) is 16.4. The number of nitrogens with zero attached hydrogens (tertiary/aromatic N) is 3. The molecule has 1 fully saturated rings. The van der Waals surface area contributed by atoms with E-state index in [0.29, 0.717) is 6.04 Å². The molecule has 1 aliphatic rings. The highest BCUT2D eigenvalue weighted by Crippen LogP contribution is 2.38. The first kappa shape index (κ1) is 23.4. The van der Waals surface area contributed by atoms with Gasteiger partial charge in [-0.1, -0.05) is 61.3 Å². The van der Waals surface area contributed by atoms with Gasteiger partial charge in [-0.05, 0) is 73.5 Å². The maximum Gasteiger partial charge on any atom is 0.223 e. The predicted octanol–water partition coefficient (Wildman–Crippen LogP) is 8.14. The standard InChI is InChI=1S/C26H28ClN5S2/c1-3-17-13-18(14-19-15-28-25(31-23(17)19)30-20-9-5-4-6-10-20)24-16(2)29-26(33-24)32-34-22-12-8-7-11-21(22)27/h7-8,11-15,20H,3-6,9-10H2,1-2H3,(H,29,32)(H,28,30,31). The van der Waals surface area contributed by atoms with E-state index in [-0.39, 0.29) is 0 Å². The van der Waals surface area contributed by atoms with E-state index < -0.39 is 0 Å². The Morgan fingerprint density at radius 3 is 2.74 bits per heavy atom. The van der Waals surface area contributed by atoms with Crippen LogP contribution in [0.2, 0.25) is 5.02 Å². The van der Waals surface area contributed by atoms with E-state index in [4.69, 9.17) is 21.6 Å². The van der Waals surface area contributed by atoms with Crippen LogP contribution in [0.15, 0.2) is 47.5 Å². The van der Waals surface area contributed by atoms with Crippen molar-refractivity contribution in [2.24, 2.45) is 0 Å². The molecule has 0 aliphatic heterocycles. The number of fused-ring (bicyclic) bond motifs is 1. The maximum absolute atomic E-state index is 6.28. The molecule has 2 N–H and O–H groups in total. The Balaban J connectivity index is 1.40. The fourth-order valence-corrected chi connectivity index (χ4v) is 6.36. The van der Waals surface area contributed by atoms with Crippen LogP contribution >= 0.6 is 34.9 Å². The summed E-state index contributed by atoms with van der Waals surface area (Å²) >= 11 is 9.42. The van der Waals surface area contributed by atoms with Crippen molar-refractivity contribution in [3.8, 4) is 10.4 Å². The Labute approximate surface area is 213 Å². The zero-order valence-corrected chi connectivity index (χ0v) is 21.8. The summed E-state index contributed by atoms with van der Waals surface area (Å²) in [6, 6.07) is 12.7. The molecular weight excluding hydrogens is 482 g/mol. The van der Waals surface area contributed by atoms with Crippen molar-refractivity contribution in [1.29, 1.82) is 0 Å². The second kappa shape index (κ2) is 10.5. The van der Waals surface area contributed by atoms with Crippen LogP contribution in [0.4, 0.5) is 11.1 Å². The van der Waals surface area contributed by atoms with Crippen LogP contribution in [0.5, 0.6) is 0 Å². The van der Waals surface area contributed by atoms with Gasteiger partial charge >= 0.3 is 0 Å². The molecule has 4 aromatic rings. The summed E-state index contributed by atoms with van der Waals surface area (Å²) in [6.45, 7) is 4.24. The lowest BCUT2D eigenvalue weighted by Gasteiger charge is -2.22. The van der Waals surface area contributed by atoms with Gasteiger partial charge in [-0.3, -0.25) is 0 Å². The smallest absolute Gasteiger partial charge is 0.223 e. The third-order valence-electron chi connectivity index (χ3n) is 6.22. The molecule has 0 spiro atoms. The van der Waals surface area contributed by atoms with Gasteiger partial charge in [0.1, 0.15) is 0 Å². The molecule has 0 radical (unpaired) electrons. The summed E-state index contributed by atoms with van der Waals surface area (Å²) in [6.07, 6.45) is 9.20. The molecule has 2 aromatic heterocycles. The third-order valence-corrected chi connectivity index (χ3v) is 8.79. The topological polar surface area (TPSA) is 62.7 Å². The number of rotatable bonds is 7. The minimum absolute atomic E-state index is 0.491. The van der Waals surface area contributed by atoms with Crippen molar-refractivity contribution in [3.05, 3.63) is 58.9 Å². The van der Waals surface area contributed by atoms with Crippen LogP contribution in [-0.4, -0.2) is 21.0 Å². The number of aromatic nitrogens is 3. The van der Waals surface area contributed by atoms with Crippen molar-refractivity contribution in [2.45, 2.75) is 63.3 Å². The first-order valence-corrected chi connectivity index (χ1v) is 13.8. The van der Waals surface area contributed by atoms with Gasteiger partial charge in [-0.25, -0.2) is 15.0 Å². The van der Waals surface area contributed by atoms with E-state index >= 15 is 0 Å². The molecule has 0 saturated heterocycles. The SMILES string of the molecule is CCc1cc(-c2sc(NSc3ccccc3Cl)nc2C)cc2cnc(NC3CCCCC3)nc12. The number of thiazole rings is 1. The second-order valence-corrected chi connectivity index (χ2v) is 10.9. The van der Waals surface area contributed by atoms with E-state index in [1.165, 1.54) is 49.6 Å². The minimum atomic E-state index is 0.491. The molecule has 2 heterocycles. The van der Waals surface area contributed by atoms with Crippen LogP contribution in [0.1, 0.15) is 50.3 Å². The number of hydrogen-bond acceptors (Lipinski definition) is 7. The molecule has 8 heteroatoms. The Kier molecular flexibility index (Phi) is 7.23. The fraction of sp³-hybridized carbons (Fsp3) is 0.346. The van der Waals surface area contributed by atoms with Crippen LogP contribution in [0, 0.1) is 6.92 Å². The Morgan fingerprint density at radius 2 is 1.94 bits per heavy atom. The Bertz CT molecular complexity index is 1300. The summed E-state index contributed by atoms with van der Waals surface area (Å²) in [7, 11) is 0. The molecule has 1 saturated carbocycles. The lowest BCUT2D eigenvalue weighted by molar-refractivity contribution is 0.461. The zero-order valence-electron chi connectivity index (χ0n) is 19.4. The van der Waals surface area contributed by atoms with Gasteiger partial charge in [-0.15, -0.1) is 0 Å². The van der Waals surface area contributed by atoms with Crippen molar-refractivity contribution < 1.29 is 0 Å². The molecule has 0 unspecified atom stereocenters. The highest BCUT2D eigenvalue weighted by atomic mass is 35.5. The van der Waals surface area contributed by atoms with Gasteiger partial charge < -0.3 is 10.0 Å². The molecule has 1 aliphatic carbocycles. The molecule has 0 amide bonds. The van der Waals surface area contributed by atoms with E-state index in [2.05, 4.69) is 41.0 Å².